The van der Waals surface area contributed by atoms with Crippen LogP contribution in [0.3, 0.4) is 0 Å². The van der Waals surface area contributed by atoms with Crippen LogP contribution in [-0.2, 0) is 4.79 Å². The molecule has 1 fully saturated rings. The third-order valence-electron chi connectivity index (χ3n) is 3.52. The van der Waals surface area contributed by atoms with Crippen molar-refractivity contribution in [3.05, 3.63) is 29.3 Å². The summed E-state index contributed by atoms with van der Waals surface area (Å²) in [6.45, 7) is 3.55. The molecule has 1 aromatic carbocycles. The number of nitrogens with two attached hydrogens (primary N) is 1. The van der Waals surface area contributed by atoms with Crippen molar-refractivity contribution in [2.24, 2.45) is 11.7 Å². The van der Waals surface area contributed by atoms with Gasteiger partial charge in [-0.1, -0.05) is 0 Å². The van der Waals surface area contributed by atoms with E-state index in [9.17, 15) is 4.79 Å². The molecule has 4 heteroatoms. The van der Waals surface area contributed by atoms with Crippen LogP contribution in [0.2, 0.25) is 0 Å². The van der Waals surface area contributed by atoms with E-state index in [-0.39, 0.29) is 11.8 Å². The molecule has 1 saturated heterocycles. The van der Waals surface area contributed by atoms with Crippen LogP contribution in [-0.4, -0.2) is 19.0 Å². The number of nitrogens with zero attached hydrogens (tertiary/aromatic N) is 2. The molecule has 0 aliphatic carbocycles. The van der Waals surface area contributed by atoms with Crippen molar-refractivity contribution < 1.29 is 4.79 Å². The molecule has 0 bridgehead atoms. The molecule has 0 aromatic heterocycles. The number of primary amides is 1. The molecule has 94 valence electrons. The van der Waals surface area contributed by atoms with Gasteiger partial charge in [0.15, 0.2) is 0 Å². The molecule has 4 nitrogen and oxygen atoms in total. The van der Waals surface area contributed by atoms with Crippen LogP contribution < -0.4 is 10.6 Å². The molecule has 1 unspecified atom stereocenters. The Kier molecular flexibility index (Phi) is 3.52. The summed E-state index contributed by atoms with van der Waals surface area (Å²) in [7, 11) is 0. The molecular formula is C14H17N3O. The lowest BCUT2D eigenvalue weighted by Crippen LogP contribution is -2.41. The minimum atomic E-state index is -0.218. The van der Waals surface area contributed by atoms with Crippen LogP contribution in [0.15, 0.2) is 18.2 Å². The van der Waals surface area contributed by atoms with E-state index in [0.717, 1.165) is 30.6 Å². The highest BCUT2D eigenvalue weighted by Crippen LogP contribution is 2.24. The average Bonchev–Trinajstić information content (AvgIpc) is 2.38. The molecule has 18 heavy (non-hydrogen) atoms. The van der Waals surface area contributed by atoms with Gasteiger partial charge in [-0.2, -0.15) is 5.26 Å². The summed E-state index contributed by atoms with van der Waals surface area (Å²) in [5, 5.41) is 8.91. The van der Waals surface area contributed by atoms with Gasteiger partial charge in [-0.25, -0.2) is 0 Å². The molecular weight excluding hydrogens is 226 g/mol. The standard InChI is InChI=1S/C14H17N3O/c1-10-7-13(5-4-11(10)8-15)17-6-2-3-12(9-17)14(16)18/h4-5,7,12H,2-3,6,9H2,1H3,(H2,16,18). The lowest BCUT2D eigenvalue weighted by Gasteiger charge is -2.33. The topological polar surface area (TPSA) is 70.1 Å². The van der Waals surface area contributed by atoms with Crippen molar-refractivity contribution in [1.82, 2.24) is 0 Å². The number of amides is 1. The highest BCUT2D eigenvalue weighted by Gasteiger charge is 2.24. The smallest absolute Gasteiger partial charge is 0.222 e. The minimum Gasteiger partial charge on any atom is -0.371 e. The van der Waals surface area contributed by atoms with Gasteiger partial charge in [0.2, 0.25) is 5.91 Å². The quantitative estimate of drug-likeness (QED) is 0.857. The predicted molar refractivity (Wildman–Crippen MR) is 70.0 cm³/mol. The summed E-state index contributed by atoms with van der Waals surface area (Å²) in [4.78, 5) is 13.4. The molecule has 2 N–H and O–H groups in total. The third kappa shape index (κ3) is 2.45. The van der Waals surface area contributed by atoms with Crippen molar-refractivity contribution in [2.75, 3.05) is 18.0 Å². The van der Waals surface area contributed by atoms with Gasteiger partial charge in [-0.3, -0.25) is 4.79 Å². The molecule has 1 aliphatic heterocycles. The van der Waals surface area contributed by atoms with Gasteiger partial charge in [0.25, 0.3) is 0 Å². The fourth-order valence-electron chi connectivity index (χ4n) is 2.41. The second kappa shape index (κ2) is 5.09. The Balaban J connectivity index is 2.19. The predicted octanol–water partition coefficient (Wildman–Crippen LogP) is 1.57. The number of anilines is 1. The number of piperidine rings is 1. The number of nitriles is 1. The zero-order valence-electron chi connectivity index (χ0n) is 10.5. The number of hydrogen-bond donors (Lipinski definition) is 1. The van der Waals surface area contributed by atoms with E-state index < -0.39 is 0 Å². The van der Waals surface area contributed by atoms with E-state index in [4.69, 9.17) is 11.0 Å². The molecule has 2 rings (SSSR count). The molecule has 1 heterocycles. The van der Waals surface area contributed by atoms with Gasteiger partial charge in [0.1, 0.15) is 0 Å². The normalized spacial score (nSPS) is 19.3. The van der Waals surface area contributed by atoms with Crippen molar-refractivity contribution >= 4 is 11.6 Å². The molecule has 0 radical (unpaired) electrons. The summed E-state index contributed by atoms with van der Waals surface area (Å²) < 4.78 is 0. The van der Waals surface area contributed by atoms with Gasteiger partial charge in [-0.15, -0.1) is 0 Å². The summed E-state index contributed by atoms with van der Waals surface area (Å²) in [5.74, 6) is -0.278. The molecule has 0 spiro atoms. The Bertz CT molecular complexity index is 504. The minimum absolute atomic E-state index is 0.0605. The number of hydrogen-bond acceptors (Lipinski definition) is 3. The average molecular weight is 243 g/mol. The Morgan fingerprint density at radius 1 is 1.56 bits per heavy atom. The van der Waals surface area contributed by atoms with Gasteiger partial charge < -0.3 is 10.6 Å². The summed E-state index contributed by atoms with van der Waals surface area (Å²) in [6, 6.07) is 7.93. The zero-order chi connectivity index (χ0) is 13.1. The van der Waals surface area contributed by atoms with Gasteiger partial charge in [0.05, 0.1) is 17.6 Å². The van der Waals surface area contributed by atoms with E-state index >= 15 is 0 Å². The van der Waals surface area contributed by atoms with Crippen LogP contribution in [0.4, 0.5) is 5.69 Å². The van der Waals surface area contributed by atoms with Crippen LogP contribution in [0.5, 0.6) is 0 Å². The third-order valence-corrected chi connectivity index (χ3v) is 3.52. The van der Waals surface area contributed by atoms with Gasteiger partial charge in [0, 0.05) is 18.8 Å². The maximum atomic E-state index is 11.3. The highest BCUT2D eigenvalue weighted by molar-refractivity contribution is 5.77. The van der Waals surface area contributed by atoms with E-state index in [1.54, 1.807) is 0 Å². The largest absolute Gasteiger partial charge is 0.371 e. The van der Waals surface area contributed by atoms with Crippen molar-refractivity contribution in [2.45, 2.75) is 19.8 Å². The first-order valence-electron chi connectivity index (χ1n) is 6.17. The van der Waals surface area contributed by atoms with Gasteiger partial charge >= 0.3 is 0 Å². The molecule has 1 aliphatic rings. The summed E-state index contributed by atoms with van der Waals surface area (Å²) in [5.41, 5.74) is 8.11. The van der Waals surface area contributed by atoms with Crippen molar-refractivity contribution in [3.63, 3.8) is 0 Å². The highest BCUT2D eigenvalue weighted by atomic mass is 16.1. The second-order valence-corrected chi connectivity index (χ2v) is 4.80. The number of aryl methyl sites for hydroxylation is 1. The van der Waals surface area contributed by atoms with Crippen LogP contribution in [0.1, 0.15) is 24.0 Å². The number of carbonyl (C=O) groups is 1. The molecule has 1 aromatic rings. The second-order valence-electron chi connectivity index (χ2n) is 4.80. The van der Waals surface area contributed by atoms with Crippen molar-refractivity contribution in [1.29, 1.82) is 5.26 Å². The molecule has 1 amide bonds. The first-order valence-corrected chi connectivity index (χ1v) is 6.17. The van der Waals surface area contributed by atoms with E-state index in [0.29, 0.717) is 12.1 Å². The molecule has 1 atom stereocenters. The Morgan fingerprint density at radius 3 is 2.94 bits per heavy atom. The SMILES string of the molecule is Cc1cc(N2CCCC(C(N)=O)C2)ccc1C#N. The zero-order valence-corrected chi connectivity index (χ0v) is 10.5. The van der Waals surface area contributed by atoms with E-state index in [1.807, 2.05) is 25.1 Å². The van der Waals surface area contributed by atoms with Crippen molar-refractivity contribution in [3.8, 4) is 6.07 Å². The Hall–Kier alpha value is -2.02. The van der Waals surface area contributed by atoms with Crippen LogP contribution in [0, 0.1) is 24.2 Å². The maximum Gasteiger partial charge on any atom is 0.222 e. The molecule has 0 saturated carbocycles. The first-order chi connectivity index (χ1) is 8.61. The first kappa shape index (κ1) is 12.4. The maximum absolute atomic E-state index is 11.3. The van der Waals surface area contributed by atoms with Crippen LogP contribution >= 0.6 is 0 Å². The Morgan fingerprint density at radius 2 is 2.33 bits per heavy atom. The summed E-state index contributed by atoms with van der Waals surface area (Å²) >= 11 is 0. The fourth-order valence-corrected chi connectivity index (χ4v) is 2.41. The number of carbonyl (C=O) groups excluding carboxylic acids is 1. The van der Waals surface area contributed by atoms with E-state index in [1.165, 1.54) is 0 Å². The van der Waals surface area contributed by atoms with Gasteiger partial charge in [-0.05, 0) is 43.5 Å². The fraction of sp³-hybridized carbons (Fsp3) is 0.429. The van der Waals surface area contributed by atoms with Crippen LogP contribution in [0.25, 0.3) is 0 Å². The van der Waals surface area contributed by atoms with E-state index in [2.05, 4.69) is 11.0 Å². The monoisotopic (exact) mass is 243 g/mol. The Labute approximate surface area is 107 Å². The lowest BCUT2D eigenvalue weighted by molar-refractivity contribution is -0.122. The lowest BCUT2D eigenvalue weighted by atomic mass is 9.96. The summed E-state index contributed by atoms with van der Waals surface area (Å²) in [6.07, 6.45) is 1.85. The number of rotatable bonds is 2. The number of benzene rings is 1.